The van der Waals surface area contributed by atoms with Crippen molar-refractivity contribution in [3.8, 4) is 0 Å². The minimum atomic E-state index is -3.75. The summed E-state index contributed by atoms with van der Waals surface area (Å²) in [4.78, 5) is 3.86. The van der Waals surface area contributed by atoms with Gasteiger partial charge in [0.05, 0.1) is 11.4 Å². The van der Waals surface area contributed by atoms with Crippen LogP contribution < -0.4 is 15.6 Å². The fourth-order valence-corrected chi connectivity index (χ4v) is 3.20. The standard InChI is InChI=1S/C9H16N4O4S2/c10-7-8-9(3-1-4-12-8)19(16,17)13-5-2-6-18(11,14)15/h1,3-4,13H,2,5-7,10H2,(H2,11,14,15). The number of rotatable bonds is 7. The molecule has 0 aliphatic heterocycles. The first-order valence-corrected chi connectivity index (χ1v) is 8.60. The summed E-state index contributed by atoms with van der Waals surface area (Å²) in [6.45, 7) is -0.0358. The molecule has 0 aliphatic rings. The molecule has 0 aliphatic carbocycles. The molecular weight excluding hydrogens is 292 g/mol. The summed E-state index contributed by atoms with van der Waals surface area (Å²) < 4.78 is 47.6. The molecule has 1 heterocycles. The average molecular weight is 308 g/mol. The van der Waals surface area contributed by atoms with Gasteiger partial charge in [0, 0.05) is 19.3 Å². The normalized spacial score (nSPS) is 12.5. The van der Waals surface area contributed by atoms with Crippen molar-refractivity contribution >= 4 is 20.0 Å². The molecule has 0 bridgehead atoms. The van der Waals surface area contributed by atoms with E-state index in [-0.39, 0.29) is 35.9 Å². The Morgan fingerprint density at radius 3 is 2.53 bits per heavy atom. The third kappa shape index (κ3) is 5.20. The summed E-state index contributed by atoms with van der Waals surface area (Å²) in [6.07, 6.45) is 1.54. The van der Waals surface area contributed by atoms with Gasteiger partial charge >= 0.3 is 0 Å². The van der Waals surface area contributed by atoms with E-state index in [2.05, 4.69) is 9.71 Å². The molecule has 108 valence electrons. The maximum absolute atomic E-state index is 11.9. The number of hydrogen-bond acceptors (Lipinski definition) is 6. The maximum Gasteiger partial charge on any atom is 0.242 e. The van der Waals surface area contributed by atoms with Gasteiger partial charge in [-0.15, -0.1) is 0 Å². The summed E-state index contributed by atoms with van der Waals surface area (Å²) >= 11 is 0. The highest BCUT2D eigenvalue weighted by Crippen LogP contribution is 2.11. The highest BCUT2D eigenvalue weighted by atomic mass is 32.2. The summed E-state index contributed by atoms with van der Waals surface area (Å²) in [5, 5.41) is 4.81. The zero-order valence-corrected chi connectivity index (χ0v) is 11.7. The van der Waals surface area contributed by atoms with Crippen molar-refractivity contribution in [2.24, 2.45) is 10.9 Å². The number of nitrogens with one attached hydrogen (secondary N) is 1. The van der Waals surface area contributed by atoms with Gasteiger partial charge in [-0.05, 0) is 18.6 Å². The molecule has 0 aromatic carbocycles. The van der Waals surface area contributed by atoms with E-state index in [1.54, 1.807) is 0 Å². The van der Waals surface area contributed by atoms with Crippen molar-refractivity contribution in [3.05, 3.63) is 24.0 Å². The second-order valence-electron chi connectivity index (χ2n) is 3.77. The first-order valence-electron chi connectivity index (χ1n) is 5.40. The van der Waals surface area contributed by atoms with E-state index in [1.165, 1.54) is 18.3 Å². The lowest BCUT2D eigenvalue weighted by Gasteiger charge is -2.09. The van der Waals surface area contributed by atoms with Gasteiger partial charge in [0.2, 0.25) is 20.0 Å². The molecule has 0 radical (unpaired) electrons. The van der Waals surface area contributed by atoms with Crippen LogP contribution in [0.15, 0.2) is 23.2 Å². The van der Waals surface area contributed by atoms with Crippen molar-refractivity contribution < 1.29 is 16.8 Å². The molecule has 10 heteroatoms. The molecule has 0 saturated carbocycles. The molecule has 0 amide bonds. The highest BCUT2D eigenvalue weighted by molar-refractivity contribution is 7.89. The zero-order chi connectivity index (χ0) is 14.5. The molecule has 5 N–H and O–H groups in total. The Bertz CT molecular complexity index is 627. The lowest BCUT2D eigenvalue weighted by molar-refractivity contribution is 0.575. The third-order valence-electron chi connectivity index (χ3n) is 2.23. The monoisotopic (exact) mass is 308 g/mol. The molecule has 0 atom stereocenters. The lowest BCUT2D eigenvalue weighted by Crippen LogP contribution is -2.28. The molecule has 19 heavy (non-hydrogen) atoms. The van der Waals surface area contributed by atoms with Crippen molar-refractivity contribution in [2.75, 3.05) is 12.3 Å². The molecule has 0 unspecified atom stereocenters. The van der Waals surface area contributed by atoms with Crippen LogP contribution in [0.1, 0.15) is 12.1 Å². The second-order valence-corrected chi connectivity index (χ2v) is 7.24. The predicted molar refractivity (Wildman–Crippen MR) is 69.9 cm³/mol. The average Bonchev–Trinajstić information content (AvgIpc) is 2.33. The van der Waals surface area contributed by atoms with Crippen LogP contribution in [0.5, 0.6) is 0 Å². The maximum atomic E-state index is 11.9. The van der Waals surface area contributed by atoms with E-state index in [1.807, 2.05) is 0 Å². The van der Waals surface area contributed by atoms with Crippen LogP contribution in [0.25, 0.3) is 0 Å². The van der Waals surface area contributed by atoms with Gasteiger partial charge in [-0.2, -0.15) is 0 Å². The van der Waals surface area contributed by atoms with Gasteiger partial charge in [-0.25, -0.2) is 26.7 Å². The van der Waals surface area contributed by atoms with E-state index >= 15 is 0 Å². The molecule has 1 aromatic heterocycles. The van der Waals surface area contributed by atoms with Gasteiger partial charge in [-0.1, -0.05) is 0 Å². The highest BCUT2D eigenvalue weighted by Gasteiger charge is 2.18. The van der Waals surface area contributed by atoms with Crippen molar-refractivity contribution in [3.63, 3.8) is 0 Å². The minimum absolute atomic E-state index is 0.00569. The van der Waals surface area contributed by atoms with Crippen molar-refractivity contribution in [1.82, 2.24) is 9.71 Å². The van der Waals surface area contributed by atoms with Crippen LogP contribution in [0.2, 0.25) is 0 Å². The fourth-order valence-electron chi connectivity index (χ4n) is 1.38. The van der Waals surface area contributed by atoms with Crippen LogP contribution in [0, 0.1) is 0 Å². The van der Waals surface area contributed by atoms with E-state index in [4.69, 9.17) is 10.9 Å². The number of nitrogens with zero attached hydrogens (tertiary/aromatic N) is 1. The molecular formula is C9H16N4O4S2. The SMILES string of the molecule is NCc1ncccc1S(=O)(=O)NCCCS(N)(=O)=O. The smallest absolute Gasteiger partial charge is 0.242 e. The Balaban J connectivity index is 2.71. The van der Waals surface area contributed by atoms with Gasteiger partial charge in [0.1, 0.15) is 4.90 Å². The van der Waals surface area contributed by atoms with Crippen LogP contribution in [-0.4, -0.2) is 34.1 Å². The lowest BCUT2D eigenvalue weighted by atomic mass is 10.3. The number of pyridine rings is 1. The third-order valence-corrected chi connectivity index (χ3v) is 4.62. The number of primary sulfonamides is 1. The molecule has 0 fully saturated rings. The zero-order valence-electron chi connectivity index (χ0n) is 10.1. The Hall–Kier alpha value is -1.07. The molecule has 0 saturated heterocycles. The minimum Gasteiger partial charge on any atom is -0.325 e. The summed E-state index contributed by atoms with van der Waals surface area (Å²) in [6, 6.07) is 2.87. The Morgan fingerprint density at radius 1 is 1.26 bits per heavy atom. The Labute approximate surface area is 112 Å². The number of sulfonamides is 2. The Morgan fingerprint density at radius 2 is 1.95 bits per heavy atom. The Kier molecular flexibility index (Phi) is 5.38. The summed E-state index contributed by atoms with van der Waals surface area (Å²) in [5.74, 6) is -0.285. The van der Waals surface area contributed by atoms with Crippen molar-refractivity contribution in [1.29, 1.82) is 0 Å². The fraction of sp³-hybridized carbons (Fsp3) is 0.444. The van der Waals surface area contributed by atoms with E-state index in [0.717, 1.165) is 0 Å². The molecule has 8 nitrogen and oxygen atoms in total. The largest absolute Gasteiger partial charge is 0.325 e. The predicted octanol–water partition coefficient (Wildman–Crippen LogP) is -1.50. The number of hydrogen-bond donors (Lipinski definition) is 3. The van der Waals surface area contributed by atoms with Crippen molar-refractivity contribution in [2.45, 2.75) is 17.9 Å². The topological polar surface area (TPSA) is 145 Å². The van der Waals surface area contributed by atoms with Crippen LogP contribution in [-0.2, 0) is 26.6 Å². The van der Waals surface area contributed by atoms with E-state index in [9.17, 15) is 16.8 Å². The van der Waals surface area contributed by atoms with E-state index < -0.39 is 20.0 Å². The van der Waals surface area contributed by atoms with E-state index in [0.29, 0.717) is 0 Å². The first-order chi connectivity index (χ1) is 8.76. The summed E-state index contributed by atoms with van der Waals surface area (Å²) in [7, 11) is -7.34. The quantitative estimate of drug-likeness (QED) is 0.522. The van der Waals surface area contributed by atoms with Crippen LogP contribution in [0.3, 0.4) is 0 Å². The van der Waals surface area contributed by atoms with Gasteiger partial charge in [0.15, 0.2) is 0 Å². The van der Waals surface area contributed by atoms with Crippen LogP contribution >= 0.6 is 0 Å². The first kappa shape index (κ1) is 16.0. The molecule has 1 rings (SSSR count). The molecule has 1 aromatic rings. The molecule has 0 spiro atoms. The number of nitrogens with two attached hydrogens (primary N) is 2. The second kappa shape index (κ2) is 6.39. The number of aromatic nitrogens is 1. The van der Waals surface area contributed by atoms with Gasteiger partial charge in [-0.3, -0.25) is 4.98 Å². The summed E-state index contributed by atoms with van der Waals surface area (Å²) in [5.41, 5.74) is 5.66. The van der Waals surface area contributed by atoms with Gasteiger partial charge in [0.25, 0.3) is 0 Å². The van der Waals surface area contributed by atoms with Crippen LogP contribution in [0.4, 0.5) is 0 Å². The van der Waals surface area contributed by atoms with Gasteiger partial charge < -0.3 is 5.73 Å².